The number of para-hydroxylation sites is 1. The maximum absolute atomic E-state index is 13.3. The molecule has 1 amide bonds. The second-order valence-corrected chi connectivity index (χ2v) is 7.15. The van der Waals surface area contributed by atoms with E-state index in [1.54, 1.807) is 0 Å². The highest BCUT2D eigenvalue weighted by Crippen LogP contribution is 2.28. The smallest absolute Gasteiger partial charge is 0.254 e. The van der Waals surface area contributed by atoms with Gasteiger partial charge in [-0.2, -0.15) is 0 Å². The highest BCUT2D eigenvalue weighted by Gasteiger charge is 2.24. The van der Waals surface area contributed by atoms with Crippen molar-refractivity contribution in [1.29, 1.82) is 0 Å². The second-order valence-electron chi connectivity index (χ2n) is 7.15. The number of pyridine rings is 1. The van der Waals surface area contributed by atoms with Crippen molar-refractivity contribution >= 4 is 16.8 Å². The number of benzene rings is 2. The van der Waals surface area contributed by atoms with Crippen molar-refractivity contribution in [2.75, 3.05) is 7.05 Å². The molecule has 4 rings (SSSR count). The van der Waals surface area contributed by atoms with Gasteiger partial charge in [0, 0.05) is 24.0 Å². The van der Waals surface area contributed by atoms with Gasteiger partial charge in [0.15, 0.2) is 0 Å². The Morgan fingerprint density at radius 2 is 1.65 bits per heavy atom. The lowest BCUT2D eigenvalue weighted by Gasteiger charge is -2.31. The predicted octanol–water partition coefficient (Wildman–Crippen LogP) is 5.31. The maximum Gasteiger partial charge on any atom is 0.254 e. The van der Waals surface area contributed by atoms with E-state index in [-0.39, 0.29) is 5.91 Å². The van der Waals surface area contributed by atoms with Gasteiger partial charge in [-0.05, 0) is 25.0 Å². The number of rotatable bonds is 3. The number of nitrogens with zero attached hydrogens (tertiary/aromatic N) is 2. The standard InChI is InChI=1S/C23H24N2O/c1-25(18-12-6-3-7-13-18)23(26)20-16-22(17-10-4-2-5-11-17)24-21-15-9-8-14-19(20)21/h2,4-5,8-11,14-16,18H,3,6-7,12-13H2,1H3. The van der Waals surface area contributed by atoms with Crippen molar-refractivity contribution in [3.63, 3.8) is 0 Å². The van der Waals surface area contributed by atoms with Crippen molar-refractivity contribution in [1.82, 2.24) is 9.88 Å². The van der Waals surface area contributed by atoms with Gasteiger partial charge in [-0.3, -0.25) is 4.79 Å². The largest absolute Gasteiger partial charge is 0.339 e. The van der Waals surface area contributed by atoms with Gasteiger partial charge in [-0.1, -0.05) is 67.8 Å². The summed E-state index contributed by atoms with van der Waals surface area (Å²) in [5, 5.41) is 0.930. The number of carbonyl (C=O) groups excluding carboxylic acids is 1. The number of fused-ring (bicyclic) bond motifs is 1. The maximum atomic E-state index is 13.3. The second kappa shape index (κ2) is 7.28. The van der Waals surface area contributed by atoms with Crippen LogP contribution >= 0.6 is 0 Å². The van der Waals surface area contributed by atoms with E-state index in [1.165, 1.54) is 19.3 Å². The summed E-state index contributed by atoms with van der Waals surface area (Å²) in [5.41, 5.74) is 3.51. The van der Waals surface area contributed by atoms with Crippen LogP contribution in [-0.2, 0) is 0 Å². The van der Waals surface area contributed by atoms with Gasteiger partial charge in [-0.25, -0.2) is 4.98 Å². The van der Waals surface area contributed by atoms with Crippen LogP contribution in [0.3, 0.4) is 0 Å². The minimum Gasteiger partial charge on any atom is -0.339 e. The number of aromatic nitrogens is 1. The molecule has 2 aromatic carbocycles. The third-order valence-electron chi connectivity index (χ3n) is 5.46. The highest BCUT2D eigenvalue weighted by atomic mass is 16.2. The molecule has 1 fully saturated rings. The molecule has 0 aliphatic heterocycles. The fourth-order valence-electron chi connectivity index (χ4n) is 3.93. The van der Waals surface area contributed by atoms with Gasteiger partial charge in [-0.15, -0.1) is 0 Å². The molecule has 0 unspecified atom stereocenters. The Labute approximate surface area is 154 Å². The number of hydrogen-bond acceptors (Lipinski definition) is 2. The SMILES string of the molecule is CN(C(=O)c1cc(-c2ccccc2)nc2ccccc12)C1CCCCC1. The van der Waals surface area contributed by atoms with Crippen LogP contribution < -0.4 is 0 Å². The topological polar surface area (TPSA) is 33.2 Å². The average Bonchev–Trinajstić information content (AvgIpc) is 2.73. The van der Waals surface area contributed by atoms with E-state index in [4.69, 9.17) is 4.98 Å². The summed E-state index contributed by atoms with van der Waals surface area (Å²) in [6.07, 6.45) is 5.94. The highest BCUT2D eigenvalue weighted by molar-refractivity contribution is 6.07. The van der Waals surface area contributed by atoms with Crippen molar-refractivity contribution in [2.24, 2.45) is 0 Å². The van der Waals surface area contributed by atoms with E-state index in [0.717, 1.165) is 40.6 Å². The van der Waals surface area contributed by atoms with E-state index in [1.807, 2.05) is 72.6 Å². The molecular weight excluding hydrogens is 320 g/mol. The fourth-order valence-corrected chi connectivity index (χ4v) is 3.93. The number of amides is 1. The van der Waals surface area contributed by atoms with Gasteiger partial charge in [0.05, 0.1) is 16.8 Å². The molecule has 0 N–H and O–H groups in total. The van der Waals surface area contributed by atoms with Gasteiger partial charge in [0.25, 0.3) is 5.91 Å². The molecule has 1 aromatic heterocycles. The Morgan fingerprint density at radius 1 is 0.962 bits per heavy atom. The van der Waals surface area contributed by atoms with Crippen LogP contribution in [-0.4, -0.2) is 28.9 Å². The van der Waals surface area contributed by atoms with Crippen LogP contribution in [0.25, 0.3) is 22.2 Å². The van der Waals surface area contributed by atoms with Gasteiger partial charge in [0.2, 0.25) is 0 Å². The van der Waals surface area contributed by atoms with Crippen LogP contribution in [0.4, 0.5) is 0 Å². The van der Waals surface area contributed by atoms with Gasteiger partial charge < -0.3 is 4.90 Å². The summed E-state index contributed by atoms with van der Waals surface area (Å²) in [6, 6.07) is 20.3. The summed E-state index contributed by atoms with van der Waals surface area (Å²) >= 11 is 0. The van der Waals surface area contributed by atoms with Crippen LogP contribution in [0.15, 0.2) is 60.7 Å². The van der Waals surface area contributed by atoms with E-state index in [9.17, 15) is 4.79 Å². The molecular formula is C23H24N2O. The number of hydrogen-bond donors (Lipinski definition) is 0. The first kappa shape index (κ1) is 16.8. The normalized spacial score (nSPS) is 15.1. The van der Waals surface area contributed by atoms with E-state index in [0.29, 0.717) is 6.04 Å². The fraction of sp³-hybridized carbons (Fsp3) is 0.304. The number of carbonyl (C=O) groups is 1. The molecule has 0 spiro atoms. The summed E-state index contributed by atoms with van der Waals surface area (Å²) in [5.74, 6) is 0.104. The van der Waals surface area contributed by atoms with E-state index in [2.05, 4.69) is 0 Å². The van der Waals surface area contributed by atoms with Crippen molar-refractivity contribution < 1.29 is 4.79 Å². The first-order chi connectivity index (χ1) is 12.7. The lowest BCUT2D eigenvalue weighted by molar-refractivity contribution is 0.0698. The molecule has 3 aromatic rings. The van der Waals surface area contributed by atoms with Gasteiger partial charge in [0.1, 0.15) is 0 Å². The molecule has 26 heavy (non-hydrogen) atoms. The molecule has 0 bridgehead atoms. The molecule has 0 saturated heterocycles. The lowest BCUT2D eigenvalue weighted by Crippen LogP contribution is -2.38. The zero-order valence-corrected chi connectivity index (χ0v) is 15.2. The molecule has 1 saturated carbocycles. The third kappa shape index (κ3) is 3.22. The van der Waals surface area contributed by atoms with Crippen molar-refractivity contribution in [2.45, 2.75) is 38.1 Å². The molecule has 1 aliphatic rings. The molecule has 1 aliphatic carbocycles. The summed E-state index contributed by atoms with van der Waals surface area (Å²) in [6.45, 7) is 0. The molecule has 3 heteroatoms. The summed E-state index contributed by atoms with van der Waals surface area (Å²) in [7, 11) is 1.95. The molecule has 0 radical (unpaired) electrons. The van der Waals surface area contributed by atoms with Gasteiger partial charge >= 0.3 is 0 Å². The molecule has 1 heterocycles. The monoisotopic (exact) mass is 344 g/mol. The van der Waals surface area contributed by atoms with E-state index < -0.39 is 0 Å². The first-order valence-electron chi connectivity index (χ1n) is 9.46. The van der Waals surface area contributed by atoms with Crippen molar-refractivity contribution in [3.05, 3.63) is 66.2 Å². The predicted molar refractivity (Wildman–Crippen MR) is 106 cm³/mol. The Bertz CT molecular complexity index is 914. The zero-order valence-electron chi connectivity index (χ0n) is 15.2. The minimum atomic E-state index is 0.104. The van der Waals surface area contributed by atoms with Crippen LogP contribution in [0.5, 0.6) is 0 Å². The lowest BCUT2D eigenvalue weighted by atomic mass is 9.93. The Balaban J connectivity index is 1.78. The molecule has 3 nitrogen and oxygen atoms in total. The Morgan fingerprint density at radius 3 is 2.42 bits per heavy atom. The van der Waals surface area contributed by atoms with Crippen molar-refractivity contribution in [3.8, 4) is 11.3 Å². The average molecular weight is 344 g/mol. The Kier molecular flexibility index (Phi) is 4.70. The van der Waals surface area contributed by atoms with Crippen LogP contribution in [0.1, 0.15) is 42.5 Å². The quantitative estimate of drug-likeness (QED) is 0.645. The molecule has 132 valence electrons. The first-order valence-corrected chi connectivity index (χ1v) is 9.46. The summed E-state index contributed by atoms with van der Waals surface area (Å²) < 4.78 is 0. The minimum absolute atomic E-state index is 0.104. The third-order valence-corrected chi connectivity index (χ3v) is 5.46. The van der Waals surface area contributed by atoms with Crippen LogP contribution in [0, 0.1) is 0 Å². The molecule has 0 atom stereocenters. The van der Waals surface area contributed by atoms with E-state index >= 15 is 0 Å². The Hall–Kier alpha value is -2.68. The summed E-state index contributed by atoms with van der Waals surface area (Å²) in [4.78, 5) is 20.1. The zero-order chi connectivity index (χ0) is 17.9. The van der Waals surface area contributed by atoms with Crippen LogP contribution in [0.2, 0.25) is 0 Å².